The van der Waals surface area contributed by atoms with Crippen LogP contribution in [0.5, 0.6) is 0 Å². The average Bonchev–Trinajstić information content (AvgIpc) is 3.87. The van der Waals surface area contributed by atoms with Gasteiger partial charge in [0.05, 0.1) is 28.1 Å². The molecule has 11 rings (SSSR count). The highest BCUT2D eigenvalue weighted by Crippen LogP contribution is 2.51. The smallest absolute Gasteiger partial charge is 0.128 e. The average molecular weight is 846 g/mol. The lowest BCUT2D eigenvalue weighted by Gasteiger charge is -2.27. The highest BCUT2D eigenvalue weighted by Gasteiger charge is 2.28. The Hall–Kier alpha value is -7.04. The zero-order chi connectivity index (χ0) is 42.8. The first-order valence-electron chi connectivity index (χ1n) is 20.0. The molecule has 3 aromatic heterocycles. The molecule has 0 bridgehead atoms. The second-order valence-electron chi connectivity index (χ2n) is 16.7. The van der Waals surface area contributed by atoms with Crippen molar-refractivity contribution in [3.8, 4) is 0 Å². The summed E-state index contributed by atoms with van der Waals surface area (Å²) in [5.41, 5.74) is 5.53. The number of aromatic nitrogens is 1. The molecule has 0 aliphatic rings. The van der Waals surface area contributed by atoms with E-state index in [-0.39, 0.29) is 16.8 Å². The largest absolute Gasteiger partial charge is 0.310 e. The van der Waals surface area contributed by atoms with Gasteiger partial charge in [-0.2, -0.15) is 0 Å². The molecule has 0 aliphatic heterocycles. The monoisotopic (exact) mass is 845 g/mol. The van der Waals surface area contributed by atoms with E-state index in [0.29, 0.717) is 22.7 Å². The van der Waals surface area contributed by atoms with Gasteiger partial charge in [0.2, 0.25) is 0 Å². The summed E-state index contributed by atoms with van der Waals surface area (Å²) in [5.74, 6) is -3.88. The Morgan fingerprint density at radius 1 is 0.435 bits per heavy atom. The molecule has 0 fully saturated rings. The van der Waals surface area contributed by atoms with Crippen LogP contribution in [-0.2, 0) is 5.41 Å². The molecule has 11 aromatic rings. The zero-order valence-corrected chi connectivity index (χ0v) is 34.2. The summed E-state index contributed by atoms with van der Waals surface area (Å²) in [6.07, 6.45) is 0. The van der Waals surface area contributed by atoms with Crippen LogP contribution in [-0.4, -0.2) is 4.40 Å². The molecule has 0 radical (unpaired) electrons. The Balaban J connectivity index is 1.24. The van der Waals surface area contributed by atoms with E-state index in [1.165, 1.54) is 48.5 Å². The van der Waals surface area contributed by atoms with Crippen LogP contribution < -0.4 is 9.80 Å². The first-order chi connectivity index (χ1) is 29.8. The van der Waals surface area contributed by atoms with Crippen LogP contribution >= 0.6 is 11.3 Å². The quantitative estimate of drug-likeness (QED) is 0.154. The topological polar surface area (TPSA) is 10.9 Å². The van der Waals surface area contributed by atoms with Crippen LogP contribution in [0.4, 0.5) is 60.5 Å². The number of nitrogens with zero attached hydrogens (tertiary/aromatic N) is 3. The number of thiophene rings is 1. The van der Waals surface area contributed by atoms with E-state index < -0.39 is 34.9 Å². The van der Waals surface area contributed by atoms with Crippen LogP contribution in [0.3, 0.4) is 0 Å². The minimum atomic E-state index is -0.751. The SMILES string of the molecule is CC(C)(C)c1cc2c3c4ccccc4c(N(c4ccc(F)cc4)c4cc(F)cc(F)c4)cc3n3c4sc5cc(N(c6ccc(F)cc6)c6cc(F)cc(F)c6)ccc5c4c(c1)c23. The number of rotatable bonds is 6. The summed E-state index contributed by atoms with van der Waals surface area (Å²) in [4.78, 5) is 4.41. The van der Waals surface area contributed by atoms with Crippen molar-refractivity contribution >= 4 is 104 Å². The van der Waals surface area contributed by atoms with Crippen LogP contribution in [0, 0.1) is 34.9 Å². The van der Waals surface area contributed by atoms with Crippen molar-refractivity contribution in [2.24, 2.45) is 0 Å². The molecule has 3 heterocycles. The minimum absolute atomic E-state index is 0.228. The van der Waals surface area contributed by atoms with Gasteiger partial charge in [0.1, 0.15) is 39.7 Å². The van der Waals surface area contributed by atoms with Gasteiger partial charge in [-0.05, 0) is 119 Å². The maximum Gasteiger partial charge on any atom is 0.128 e. The van der Waals surface area contributed by atoms with Crippen molar-refractivity contribution in [3.63, 3.8) is 0 Å². The van der Waals surface area contributed by atoms with Crippen LogP contribution in [0.2, 0.25) is 0 Å². The predicted molar refractivity (Wildman–Crippen MR) is 242 cm³/mol. The third kappa shape index (κ3) is 5.95. The van der Waals surface area contributed by atoms with Gasteiger partial charge in [-0.15, -0.1) is 11.3 Å². The standard InChI is InChI=1S/C52H33F6N3S/c1-52(2,3)28-18-43-48-41-7-5-4-6-40(41)45(60(36-14-10-30(54)11-15-36)39-24-33(57)21-34(58)25-39)27-46(48)61-50(43)44(19-28)49-42-17-16-37(26-47(42)62-51(49)61)59(35-12-8-29(53)9-13-35)38-22-31(55)20-32(56)23-38/h4-27H,1-3H3. The van der Waals surface area contributed by atoms with Crippen molar-refractivity contribution in [3.05, 3.63) is 186 Å². The van der Waals surface area contributed by atoms with Crippen molar-refractivity contribution in [1.82, 2.24) is 4.40 Å². The lowest BCUT2D eigenvalue weighted by molar-refractivity contribution is 0.583. The molecule has 3 nitrogen and oxygen atoms in total. The summed E-state index contributed by atoms with van der Waals surface area (Å²) in [5, 5.41) is 6.88. The van der Waals surface area contributed by atoms with E-state index in [1.54, 1.807) is 45.4 Å². The number of fused-ring (bicyclic) bond motifs is 10. The van der Waals surface area contributed by atoms with Crippen molar-refractivity contribution in [2.75, 3.05) is 9.80 Å². The molecule has 0 amide bonds. The highest BCUT2D eigenvalue weighted by molar-refractivity contribution is 7.25. The van der Waals surface area contributed by atoms with Gasteiger partial charge in [0.25, 0.3) is 0 Å². The van der Waals surface area contributed by atoms with Gasteiger partial charge in [0.15, 0.2) is 0 Å². The Morgan fingerprint density at radius 3 is 1.53 bits per heavy atom. The number of hydrogen-bond donors (Lipinski definition) is 0. The van der Waals surface area contributed by atoms with E-state index in [2.05, 4.69) is 43.4 Å². The molecule has 0 unspecified atom stereocenters. The van der Waals surface area contributed by atoms with Crippen molar-refractivity contribution in [1.29, 1.82) is 0 Å². The molecular weight excluding hydrogens is 813 g/mol. The molecule has 304 valence electrons. The van der Waals surface area contributed by atoms with Crippen molar-refractivity contribution < 1.29 is 26.3 Å². The summed E-state index contributed by atoms with van der Waals surface area (Å²) < 4.78 is 91.4. The minimum Gasteiger partial charge on any atom is -0.310 e. The van der Waals surface area contributed by atoms with Gasteiger partial charge in [0, 0.05) is 66.2 Å². The second-order valence-corrected chi connectivity index (χ2v) is 17.7. The highest BCUT2D eigenvalue weighted by atomic mass is 32.1. The maximum atomic E-state index is 15.1. The molecule has 0 saturated carbocycles. The molecule has 0 atom stereocenters. The van der Waals surface area contributed by atoms with Crippen LogP contribution in [0.25, 0.3) is 58.3 Å². The van der Waals surface area contributed by atoms with Gasteiger partial charge in [-0.25, -0.2) is 26.3 Å². The van der Waals surface area contributed by atoms with Crippen LogP contribution in [0.15, 0.2) is 146 Å². The first-order valence-corrected chi connectivity index (χ1v) is 20.8. The fourth-order valence-electron chi connectivity index (χ4n) is 9.03. The zero-order valence-electron chi connectivity index (χ0n) is 33.4. The van der Waals surface area contributed by atoms with E-state index in [0.717, 1.165) is 76.0 Å². The predicted octanol–water partition coefficient (Wildman–Crippen LogP) is 16.3. The molecule has 0 saturated heterocycles. The maximum absolute atomic E-state index is 15.1. The Labute approximate surface area is 355 Å². The molecule has 0 spiro atoms. The number of halogens is 6. The molecule has 0 N–H and O–H groups in total. The summed E-state index contributed by atoms with van der Waals surface area (Å²) in [6, 6.07) is 38.7. The Bertz CT molecular complexity index is 3550. The summed E-state index contributed by atoms with van der Waals surface area (Å²) >= 11 is 1.57. The van der Waals surface area contributed by atoms with E-state index >= 15 is 8.78 Å². The van der Waals surface area contributed by atoms with Crippen LogP contribution in [0.1, 0.15) is 26.3 Å². The normalized spacial score (nSPS) is 12.3. The van der Waals surface area contributed by atoms with Gasteiger partial charge < -0.3 is 9.80 Å². The molecular formula is C52H33F6N3S. The van der Waals surface area contributed by atoms with Gasteiger partial charge in [-0.3, -0.25) is 4.40 Å². The fraction of sp³-hybridized carbons (Fsp3) is 0.0769. The number of hydrogen-bond acceptors (Lipinski definition) is 3. The lowest BCUT2D eigenvalue weighted by Crippen LogP contribution is -2.11. The first kappa shape index (κ1) is 37.9. The summed E-state index contributed by atoms with van der Waals surface area (Å²) in [7, 11) is 0. The lowest BCUT2D eigenvalue weighted by atomic mass is 9.85. The fourth-order valence-corrected chi connectivity index (χ4v) is 10.3. The molecule has 0 aliphatic carbocycles. The Kier molecular flexibility index (Phi) is 8.40. The van der Waals surface area contributed by atoms with Crippen molar-refractivity contribution in [2.45, 2.75) is 26.2 Å². The molecule has 62 heavy (non-hydrogen) atoms. The van der Waals surface area contributed by atoms with E-state index in [9.17, 15) is 17.6 Å². The van der Waals surface area contributed by atoms with Gasteiger partial charge in [-0.1, -0.05) is 51.1 Å². The number of benzene rings is 8. The molecule has 10 heteroatoms. The third-order valence-electron chi connectivity index (χ3n) is 11.7. The van der Waals surface area contributed by atoms with E-state index in [4.69, 9.17) is 0 Å². The third-order valence-corrected chi connectivity index (χ3v) is 12.9. The summed E-state index contributed by atoms with van der Waals surface area (Å²) in [6.45, 7) is 6.55. The molecule has 8 aromatic carbocycles. The van der Waals surface area contributed by atoms with E-state index in [1.807, 2.05) is 42.5 Å². The Morgan fingerprint density at radius 2 is 0.952 bits per heavy atom. The second kappa shape index (κ2) is 13.7. The number of anilines is 6. The van der Waals surface area contributed by atoms with Gasteiger partial charge >= 0.3 is 0 Å².